The van der Waals surface area contributed by atoms with Crippen LogP contribution in [0, 0.1) is 5.92 Å². The van der Waals surface area contributed by atoms with Crippen molar-refractivity contribution in [1.29, 1.82) is 0 Å². The maximum atomic E-state index is 12.5. The standard InChI is InChI=1S/C13H10BrN3O4/c1-21-13(20)10-8-9(15-16-10)12(19)17(11(8)18)7-5-3-2-4-6(7)14/h2-5,8-9,15H,1H3/t8-,9-/m1/s1. The Balaban J connectivity index is 2.00. The summed E-state index contributed by atoms with van der Waals surface area (Å²) in [7, 11) is 1.20. The van der Waals surface area contributed by atoms with Crippen LogP contribution in [0.3, 0.4) is 0 Å². The van der Waals surface area contributed by atoms with E-state index in [2.05, 4.69) is 31.2 Å². The van der Waals surface area contributed by atoms with E-state index in [1.807, 2.05) is 0 Å². The summed E-state index contributed by atoms with van der Waals surface area (Å²) in [4.78, 5) is 37.6. The quantitative estimate of drug-likeness (QED) is 0.616. The van der Waals surface area contributed by atoms with Crippen LogP contribution in [0.25, 0.3) is 0 Å². The number of methoxy groups -OCH3 is 1. The molecule has 108 valence electrons. The summed E-state index contributed by atoms with van der Waals surface area (Å²) in [5.41, 5.74) is 2.91. The zero-order chi connectivity index (χ0) is 15.1. The van der Waals surface area contributed by atoms with E-state index < -0.39 is 29.7 Å². The van der Waals surface area contributed by atoms with Crippen molar-refractivity contribution < 1.29 is 19.1 Å². The molecule has 0 radical (unpaired) electrons. The van der Waals surface area contributed by atoms with Gasteiger partial charge in [0.2, 0.25) is 5.91 Å². The lowest BCUT2D eigenvalue weighted by Crippen LogP contribution is -2.36. The number of hydrogen-bond acceptors (Lipinski definition) is 6. The predicted molar refractivity (Wildman–Crippen MR) is 76.5 cm³/mol. The van der Waals surface area contributed by atoms with E-state index in [4.69, 9.17) is 0 Å². The summed E-state index contributed by atoms with van der Waals surface area (Å²) >= 11 is 3.31. The Labute approximate surface area is 128 Å². The Kier molecular flexibility index (Phi) is 3.25. The highest BCUT2D eigenvalue weighted by Crippen LogP contribution is 2.34. The Hall–Kier alpha value is -2.22. The second kappa shape index (κ2) is 4.96. The van der Waals surface area contributed by atoms with Gasteiger partial charge in [0, 0.05) is 4.47 Å². The van der Waals surface area contributed by atoms with Crippen molar-refractivity contribution in [3.8, 4) is 0 Å². The van der Waals surface area contributed by atoms with Crippen molar-refractivity contribution in [3.05, 3.63) is 28.7 Å². The largest absolute Gasteiger partial charge is 0.464 e. The number of carbonyl (C=O) groups is 3. The Bertz CT molecular complexity index is 688. The van der Waals surface area contributed by atoms with Gasteiger partial charge >= 0.3 is 5.97 Å². The monoisotopic (exact) mass is 351 g/mol. The van der Waals surface area contributed by atoms with Gasteiger partial charge in [-0.05, 0) is 28.1 Å². The number of anilines is 1. The number of hydrazone groups is 1. The van der Waals surface area contributed by atoms with Crippen LogP contribution in [-0.2, 0) is 19.1 Å². The van der Waals surface area contributed by atoms with Gasteiger partial charge in [-0.1, -0.05) is 12.1 Å². The molecule has 2 aliphatic heterocycles. The normalized spacial score (nSPS) is 23.7. The predicted octanol–water partition coefficient (Wildman–Crippen LogP) is 0.439. The average molecular weight is 352 g/mol. The molecule has 0 aromatic heterocycles. The Morgan fingerprint density at radius 3 is 2.71 bits per heavy atom. The maximum absolute atomic E-state index is 12.5. The molecule has 0 unspecified atom stereocenters. The molecule has 1 aromatic rings. The van der Waals surface area contributed by atoms with Crippen molar-refractivity contribution in [2.45, 2.75) is 6.04 Å². The lowest BCUT2D eigenvalue weighted by molar-refractivity contribution is -0.133. The fourth-order valence-corrected chi connectivity index (χ4v) is 2.89. The number of imide groups is 1. The molecule has 7 nitrogen and oxygen atoms in total. The van der Waals surface area contributed by atoms with Gasteiger partial charge in [-0.15, -0.1) is 0 Å². The first kappa shape index (κ1) is 13.7. The number of halogens is 1. The molecule has 3 rings (SSSR count). The zero-order valence-electron chi connectivity index (χ0n) is 10.9. The van der Waals surface area contributed by atoms with Gasteiger partial charge in [-0.3, -0.25) is 15.0 Å². The molecule has 0 aliphatic carbocycles. The van der Waals surface area contributed by atoms with E-state index in [9.17, 15) is 14.4 Å². The molecule has 2 aliphatic rings. The second-order valence-electron chi connectivity index (χ2n) is 4.54. The van der Waals surface area contributed by atoms with Crippen molar-refractivity contribution in [1.82, 2.24) is 5.43 Å². The molecule has 1 saturated heterocycles. The maximum Gasteiger partial charge on any atom is 0.355 e. The number of rotatable bonds is 2. The molecule has 0 saturated carbocycles. The molecule has 0 spiro atoms. The van der Waals surface area contributed by atoms with Crippen LogP contribution in [0.5, 0.6) is 0 Å². The number of nitrogens with zero attached hydrogens (tertiary/aromatic N) is 2. The van der Waals surface area contributed by atoms with Crippen molar-refractivity contribution >= 4 is 45.1 Å². The lowest BCUT2D eigenvalue weighted by atomic mass is 9.99. The van der Waals surface area contributed by atoms with E-state index in [0.717, 1.165) is 4.90 Å². The highest BCUT2D eigenvalue weighted by Gasteiger charge is 2.55. The van der Waals surface area contributed by atoms with Gasteiger partial charge in [0.05, 0.1) is 12.8 Å². The summed E-state index contributed by atoms with van der Waals surface area (Å²) in [6.45, 7) is 0. The van der Waals surface area contributed by atoms with Crippen molar-refractivity contribution in [2.75, 3.05) is 12.0 Å². The Morgan fingerprint density at radius 2 is 2.05 bits per heavy atom. The molecular weight excluding hydrogens is 342 g/mol. The van der Waals surface area contributed by atoms with Gasteiger partial charge in [-0.2, -0.15) is 5.10 Å². The van der Waals surface area contributed by atoms with Crippen LogP contribution in [0.15, 0.2) is 33.8 Å². The van der Waals surface area contributed by atoms with Gasteiger partial charge in [0.25, 0.3) is 5.91 Å². The first-order chi connectivity index (χ1) is 10.1. The fourth-order valence-electron chi connectivity index (χ4n) is 2.43. The zero-order valence-corrected chi connectivity index (χ0v) is 12.5. The van der Waals surface area contributed by atoms with Gasteiger partial charge in [0.1, 0.15) is 12.0 Å². The van der Waals surface area contributed by atoms with E-state index in [1.165, 1.54) is 7.11 Å². The molecule has 2 amide bonds. The van der Waals surface area contributed by atoms with E-state index >= 15 is 0 Å². The highest BCUT2D eigenvalue weighted by molar-refractivity contribution is 9.10. The minimum atomic E-state index is -0.947. The smallest absolute Gasteiger partial charge is 0.355 e. The third-order valence-electron chi connectivity index (χ3n) is 3.41. The van der Waals surface area contributed by atoms with Crippen LogP contribution < -0.4 is 10.3 Å². The number of hydrogen-bond donors (Lipinski definition) is 1. The molecule has 2 heterocycles. The summed E-state index contributed by atoms with van der Waals surface area (Å²) in [5.74, 6) is -2.60. The summed E-state index contributed by atoms with van der Waals surface area (Å²) < 4.78 is 5.20. The number of esters is 1. The third-order valence-corrected chi connectivity index (χ3v) is 4.08. The van der Waals surface area contributed by atoms with Crippen LogP contribution in [-0.4, -0.2) is 36.6 Å². The first-order valence-electron chi connectivity index (χ1n) is 6.10. The molecule has 1 aromatic carbocycles. The summed E-state index contributed by atoms with van der Waals surface area (Å²) in [5, 5.41) is 3.75. The Morgan fingerprint density at radius 1 is 1.33 bits per heavy atom. The van der Waals surface area contributed by atoms with Gasteiger partial charge < -0.3 is 4.74 Å². The highest BCUT2D eigenvalue weighted by atomic mass is 79.9. The molecule has 21 heavy (non-hydrogen) atoms. The third kappa shape index (κ3) is 1.94. The topological polar surface area (TPSA) is 88.1 Å². The van der Waals surface area contributed by atoms with Crippen LogP contribution in [0.4, 0.5) is 5.69 Å². The minimum Gasteiger partial charge on any atom is -0.464 e. The van der Waals surface area contributed by atoms with Crippen LogP contribution in [0.2, 0.25) is 0 Å². The summed E-state index contributed by atoms with van der Waals surface area (Å²) in [6, 6.07) is 6.01. The number of carbonyl (C=O) groups excluding carboxylic acids is 3. The number of nitrogens with one attached hydrogen (secondary N) is 1. The summed E-state index contributed by atoms with van der Waals surface area (Å²) in [6.07, 6.45) is 0. The lowest BCUT2D eigenvalue weighted by Gasteiger charge is -2.16. The van der Waals surface area contributed by atoms with Gasteiger partial charge in [-0.25, -0.2) is 9.69 Å². The number of amides is 2. The number of para-hydroxylation sites is 1. The SMILES string of the molecule is COC(=O)C1=NN[C@H]2C(=O)N(c3ccccc3Br)C(=O)[C@@H]12. The fraction of sp³-hybridized carbons (Fsp3) is 0.231. The molecule has 2 atom stereocenters. The minimum absolute atomic E-state index is 0.0737. The van der Waals surface area contributed by atoms with Gasteiger partial charge in [0.15, 0.2) is 5.71 Å². The first-order valence-corrected chi connectivity index (χ1v) is 6.89. The molecule has 8 heteroatoms. The van der Waals surface area contributed by atoms with E-state index in [0.29, 0.717) is 10.2 Å². The molecular formula is C13H10BrN3O4. The average Bonchev–Trinajstić information content (AvgIpc) is 3.01. The second-order valence-corrected chi connectivity index (χ2v) is 5.39. The van der Waals surface area contributed by atoms with Crippen molar-refractivity contribution in [2.24, 2.45) is 11.0 Å². The number of fused-ring (bicyclic) bond motifs is 1. The molecule has 1 N–H and O–H groups in total. The van der Waals surface area contributed by atoms with Crippen LogP contribution >= 0.6 is 15.9 Å². The van der Waals surface area contributed by atoms with E-state index in [-0.39, 0.29) is 5.71 Å². The number of benzene rings is 1. The number of ether oxygens (including phenoxy) is 1. The van der Waals surface area contributed by atoms with Crippen molar-refractivity contribution in [3.63, 3.8) is 0 Å². The molecule has 1 fully saturated rings. The van der Waals surface area contributed by atoms with Crippen LogP contribution in [0.1, 0.15) is 0 Å². The molecule has 0 bridgehead atoms. The van der Waals surface area contributed by atoms with E-state index in [1.54, 1.807) is 24.3 Å².